The molecule has 1 fully saturated rings. The molecule has 0 spiro atoms. The molecular weight excluding hydrogens is 554 g/mol. The highest BCUT2D eigenvalue weighted by molar-refractivity contribution is 8.18. The summed E-state index contributed by atoms with van der Waals surface area (Å²) in [5.74, 6) is -0.126. The van der Waals surface area contributed by atoms with Gasteiger partial charge in [-0.1, -0.05) is 23.7 Å². The Kier molecular flexibility index (Phi) is 8.32. The van der Waals surface area contributed by atoms with Gasteiger partial charge in [-0.3, -0.25) is 34.7 Å². The van der Waals surface area contributed by atoms with Crippen molar-refractivity contribution in [2.24, 2.45) is 0 Å². The van der Waals surface area contributed by atoms with Crippen molar-refractivity contribution in [2.45, 2.75) is 0 Å². The highest BCUT2D eigenvalue weighted by atomic mass is 35.5. The number of ether oxygens (including phenoxy) is 3. The summed E-state index contributed by atoms with van der Waals surface area (Å²) >= 11 is 6.56. The van der Waals surface area contributed by atoms with E-state index >= 15 is 0 Å². The number of nitrogens with zero attached hydrogens (tertiary/aromatic N) is 3. The first kappa shape index (κ1) is 27.4. The van der Waals surface area contributed by atoms with Gasteiger partial charge in [0.2, 0.25) is 5.75 Å². The molecule has 1 heterocycles. The summed E-state index contributed by atoms with van der Waals surface area (Å²) < 4.78 is 16.7. The average molecular weight is 572 g/mol. The number of thioether (sulfide) groups is 1. The Morgan fingerprint density at radius 3 is 2.41 bits per heavy atom. The van der Waals surface area contributed by atoms with Crippen LogP contribution in [0, 0.1) is 20.2 Å². The van der Waals surface area contributed by atoms with Crippen LogP contribution in [0.25, 0.3) is 6.08 Å². The van der Waals surface area contributed by atoms with Crippen LogP contribution < -0.4 is 14.2 Å². The number of rotatable bonds is 10. The largest absolute Gasteiger partial charge is 0.493 e. The van der Waals surface area contributed by atoms with Gasteiger partial charge < -0.3 is 14.2 Å². The molecule has 3 aromatic carbocycles. The Morgan fingerprint density at radius 1 is 1.00 bits per heavy atom. The molecule has 1 aliphatic heterocycles. The molecule has 4 rings (SSSR count). The molecule has 0 unspecified atom stereocenters. The van der Waals surface area contributed by atoms with E-state index in [1.807, 2.05) is 0 Å². The monoisotopic (exact) mass is 571 g/mol. The lowest BCUT2D eigenvalue weighted by Gasteiger charge is -2.14. The molecule has 0 saturated carbocycles. The van der Waals surface area contributed by atoms with Gasteiger partial charge >= 0.3 is 5.69 Å². The first-order valence-electron chi connectivity index (χ1n) is 11.1. The summed E-state index contributed by atoms with van der Waals surface area (Å²) in [5.41, 5.74) is -0.838. The number of carbonyl (C=O) groups is 2. The van der Waals surface area contributed by atoms with Crippen molar-refractivity contribution < 1.29 is 33.6 Å². The van der Waals surface area contributed by atoms with Crippen molar-refractivity contribution in [3.63, 3.8) is 0 Å². The smallest absolute Gasteiger partial charge is 0.318 e. The third-order valence-corrected chi connectivity index (χ3v) is 6.51. The Balaban J connectivity index is 1.58. The molecule has 14 heteroatoms. The molecule has 2 amide bonds. The summed E-state index contributed by atoms with van der Waals surface area (Å²) in [6, 6.07) is 14.3. The second-order valence-corrected chi connectivity index (χ2v) is 9.21. The van der Waals surface area contributed by atoms with E-state index in [2.05, 4.69) is 0 Å². The number of carbonyl (C=O) groups excluding carboxylic acids is 2. The van der Waals surface area contributed by atoms with E-state index in [0.717, 1.165) is 23.1 Å². The van der Waals surface area contributed by atoms with Crippen molar-refractivity contribution in [3.8, 4) is 23.0 Å². The van der Waals surface area contributed by atoms with E-state index < -0.39 is 32.4 Å². The minimum absolute atomic E-state index is 0.00108. The van der Waals surface area contributed by atoms with Crippen LogP contribution in [0.1, 0.15) is 5.56 Å². The number of nitro benzene ring substituents is 2. The van der Waals surface area contributed by atoms with Crippen LogP contribution in [-0.2, 0) is 4.79 Å². The van der Waals surface area contributed by atoms with Gasteiger partial charge in [-0.2, -0.15) is 0 Å². The van der Waals surface area contributed by atoms with Crippen molar-refractivity contribution in [1.82, 2.24) is 4.90 Å². The maximum absolute atomic E-state index is 13.0. The molecule has 0 bridgehead atoms. The lowest BCUT2D eigenvalue weighted by atomic mass is 10.1. The van der Waals surface area contributed by atoms with Crippen molar-refractivity contribution in [1.29, 1.82) is 0 Å². The van der Waals surface area contributed by atoms with E-state index in [0.29, 0.717) is 22.5 Å². The molecule has 1 aliphatic rings. The van der Waals surface area contributed by atoms with Crippen LogP contribution in [0.3, 0.4) is 0 Å². The summed E-state index contributed by atoms with van der Waals surface area (Å²) in [6.07, 6.45) is 1.40. The van der Waals surface area contributed by atoms with Gasteiger partial charge in [0.1, 0.15) is 12.4 Å². The van der Waals surface area contributed by atoms with Crippen LogP contribution in [0.5, 0.6) is 23.0 Å². The van der Waals surface area contributed by atoms with Crippen LogP contribution in [-0.4, -0.2) is 46.2 Å². The third-order valence-electron chi connectivity index (χ3n) is 5.35. The fourth-order valence-corrected chi connectivity index (χ4v) is 4.48. The number of halogens is 1. The maximum atomic E-state index is 13.0. The molecule has 200 valence electrons. The van der Waals surface area contributed by atoms with Gasteiger partial charge in [-0.15, -0.1) is 0 Å². The molecule has 0 N–H and O–H groups in total. The second-order valence-electron chi connectivity index (χ2n) is 7.78. The number of hydrogen-bond donors (Lipinski definition) is 0. The van der Waals surface area contributed by atoms with Gasteiger partial charge in [0.05, 0.1) is 34.5 Å². The standard InChI is InChI=1S/C25H18ClN3O9S/c1-36-21-4-2-3-15(23(21)38-20-10-7-17(28(32)33)14-19(20)29(34)35)13-22-24(30)27(25(31)39-22)11-12-37-18-8-5-16(26)6-9-18/h2-10,13-14H,11-12H2,1H3/b22-13-. The number of methoxy groups -OCH3 is 1. The molecule has 1 saturated heterocycles. The summed E-state index contributed by atoms with van der Waals surface area (Å²) in [7, 11) is 1.35. The molecule has 0 aromatic heterocycles. The first-order valence-corrected chi connectivity index (χ1v) is 12.3. The zero-order valence-electron chi connectivity index (χ0n) is 20.1. The highest BCUT2D eigenvalue weighted by Crippen LogP contribution is 2.42. The quantitative estimate of drug-likeness (QED) is 0.159. The Hall–Kier alpha value is -4.62. The van der Waals surface area contributed by atoms with Gasteiger partial charge in [0.25, 0.3) is 16.8 Å². The maximum Gasteiger partial charge on any atom is 0.318 e. The van der Waals surface area contributed by atoms with Gasteiger partial charge in [-0.05, 0) is 54.2 Å². The van der Waals surface area contributed by atoms with E-state index in [1.165, 1.54) is 19.3 Å². The van der Waals surface area contributed by atoms with E-state index in [1.54, 1.807) is 36.4 Å². The molecular formula is C25H18ClN3O9S. The number of para-hydroxylation sites is 1. The molecule has 0 atom stereocenters. The number of non-ortho nitro benzene ring substituents is 1. The zero-order valence-corrected chi connectivity index (χ0v) is 21.6. The lowest BCUT2D eigenvalue weighted by Crippen LogP contribution is -2.32. The van der Waals surface area contributed by atoms with Crippen molar-refractivity contribution in [3.05, 3.63) is 96.4 Å². The van der Waals surface area contributed by atoms with E-state index in [4.69, 9.17) is 25.8 Å². The Morgan fingerprint density at radius 2 is 1.74 bits per heavy atom. The van der Waals surface area contributed by atoms with Crippen LogP contribution in [0.15, 0.2) is 65.6 Å². The zero-order chi connectivity index (χ0) is 28.1. The van der Waals surface area contributed by atoms with E-state index in [-0.39, 0.29) is 40.9 Å². The van der Waals surface area contributed by atoms with Crippen LogP contribution >= 0.6 is 23.4 Å². The lowest BCUT2D eigenvalue weighted by molar-refractivity contribution is -0.394. The average Bonchev–Trinajstić information content (AvgIpc) is 3.17. The number of amides is 2. The molecule has 0 radical (unpaired) electrons. The molecule has 39 heavy (non-hydrogen) atoms. The minimum atomic E-state index is -0.811. The van der Waals surface area contributed by atoms with Crippen LogP contribution in [0.2, 0.25) is 5.02 Å². The van der Waals surface area contributed by atoms with E-state index in [9.17, 15) is 29.8 Å². The summed E-state index contributed by atoms with van der Waals surface area (Å²) in [5, 5.41) is 22.7. The highest BCUT2D eigenvalue weighted by Gasteiger charge is 2.35. The first-order chi connectivity index (χ1) is 18.7. The van der Waals surface area contributed by atoms with Gasteiger partial charge in [0.15, 0.2) is 11.5 Å². The minimum Gasteiger partial charge on any atom is -0.493 e. The predicted molar refractivity (Wildman–Crippen MR) is 142 cm³/mol. The fourth-order valence-electron chi connectivity index (χ4n) is 3.49. The van der Waals surface area contributed by atoms with Crippen LogP contribution in [0.4, 0.5) is 16.2 Å². The Labute approximate surface area is 230 Å². The van der Waals surface area contributed by atoms with Crippen molar-refractivity contribution in [2.75, 3.05) is 20.3 Å². The summed E-state index contributed by atoms with van der Waals surface area (Å²) in [4.78, 5) is 47.7. The molecule has 3 aromatic rings. The Bertz CT molecular complexity index is 1490. The predicted octanol–water partition coefficient (Wildman–Crippen LogP) is 6.07. The van der Waals surface area contributed by atoms with Crippen molar-refractivity contribution >= 4 is 52.0 Å². The third kappa shape index (κ3) is 6.27. The topological polar surface area (TPSA) is 151 Å². The fraction of sp³-hybridized carbons (Fsp3) is 0.120. The number of benzene rings is 3. The number of nitro groups is 2. The number of hydrogen-bond acceptors (Lipinski definition) is 10. The molecule has 0 aliphatic carbocycles. The van der Waals surface area contributed by atoms with Gasteiger partial charge in [-0.25, -0.2) is 0 Å². The normalized spacial score (nSPS) is 14.0. The second kappa shape index (κ2) is 11.8. The summed E-state index contributed by atoms with van der Waals surface area (Å²) in [6.45, 7) is 0.0609. The van der Waals surface area contributed by atoms with Gasteiger partial charge in [0, 0.05) is 16.7 Å². The SMILES string of the molecule is COc1cccc(/C=C2\SC(=O)N(CCOc3ccc(Cl)cc3)C2=O)c1Oc1ccc([N+](=O)[O-])cc1[N+](=O)[O-]. The molecule has 12 nitrogen and oxygen atoms in total. The number of imide groups is 1.